The highest BCUT2D eigenvalue weighted by Gasteiger charge is 2.34. The second-order valence-electron chi connectivity index (χ2n) is 5.76. The highest BCUT2D eigenvalue weighted by atomic mass is 32.1. The molecule has 6 heteroatoms. The maximum atomic E-state index is 6.06. The summed E-state index contributed by atoms with van der Waals surface area (Å²) in [5, 5.41) is 0. The summed E-state index contributed by atoms with van der Waals surface area (Å²) < 4.78 is 16.6. The third-order valence-electron chi connectivity index (χ3n) is 4.29. The van der Waals surface area contributed by atoms with Crippen LogP contribution in [0, 0.1) is 5.92 Å². The van der Waals surface area contributed by atoms with Gasteiger partial charge in [0.1, 0.15) is 10.7 Å². The number of hydrogen-bond donors (Lipinski definition) is 0. The predicted molar refractivity (Wildman–Crippen MR) is 100 cm³/mol. The van der Waals surface area contributed by atoms with Crippen LogP contribution in [-0.4, -0.2) is 30.9 Å². The fourth-order valence-electron chi connectivity index (χ4n) is 2.96. The van der Waals surface area contributed by atoms with Crippen LogP contribution in [0.2, 0.25) is 0 Å². The predicted octanol–water partition coefficient (Wildman–Crippen LogP) is 3.44. The minimum absolute atomic E-state index is 0.114. The van der Waals surface area contributed by atoms with Crippen molar-refractivity contribution in [1.29, 1.82) is 0 Å². The Kier molecular flexibility index (Phi) is 3.97. The number of para-hydroxylation sites is 1. The average Bonchev–Trinajstić information content (AvgIpc) is 2.66. The molecular weight excluding hydrogens is 336 g/mol. The Labute approximate surface area is 151 Å². The molecule has 2 aliphatic rings. The first-order valence-electron chi connectivity index (χ1n) is 7.89. The van der Waals surface area contributed by atoms with Gasteiger partial charge in [-0.25, -0.2) is 4.99 Å². The zero-order valence-electron chi connectivity index (χ0n) is 13.9. The van der Waals surface area contributed by atoms with Crippen LogP contribution in [0.15, 0.2) is 52.4 Å². The van der Waals surface area contributed by atoms with Gasteiger partial charge in [0, 0.05) is 5.56 Å². The third-order valence-corrected chi connectivity index (χ3v) is 4.66. The summed E-state index contributed by atoms with van der Waals surface area (Å²) in [5.74, 6) is 3.19. The van der Waals surface area contributed by atoms with E-state index >= 15 is 0 Å². The lowest BCUT2D eigenvalue weighted by atomic mass is 9.94. The van der Waals surface area contributed by atoms with Crippen LogP contribution in [0.5, 0.6) is 17.2 Å². The van der Waals surface area contributed by atoms with Gasteiger partial charge in [-0.1, -0.05) is 24.4 Å². The SMILES string of the molecule is COc1ccc(C2=NC(=S)C3Cc4cccc(OC)c4OC3=N2)cc1. The van der Waals surface area contributed by atoms with E-state index in [9.17, 15) is 0 Å². The lowest BCUT2D eigenvalue weighted by Gasteiger charge is -2.29. The van der Waals surface area contributed by atoms with Crippen LogP contribution in [0.1, 0.15) is 11.1 Å². The van der Waals surface area contributed by atoms with Crippen molar-refractivity contribution in [2.45, 2.75) is 6.42 Å². The van der Waals surface area contributed by atoms with Crippen molar-refractivity contribution in [2.75, 3.05) is 14.2 Å². The Hall–Kier alpha value is -2.73. The fourth-order valence-corrected chi connectivity index (χ4v) is 3.23. The van der Waals surface area contributed by atoms with Gasteiger partial charge in [0.25, 0.3) is 0 Å². The second kappa shape index (κ2) is 6.29. The topological polar surface area (TPSA) is 52.4 Å². The van der Waals surface area contributed by atoms with Gasteiger partial charge in [0.2, 0.25) is 5.90 Å². The van der Waals surface area contributed by atoms with E-state index in [1.165, 1.54) is 0 Å². The molecule has 0 bridgehead atoms. The monoisotopic (exact) mass is 352 g/mol. The molecular formula is C19H16N2O3S. The van der Waals surface area contributed by atoms with Crippen molar-refractivity contribution in [3.63, 3.8) is 0 Å². The second-order valence-corrected chi connectivity index (χ2v) is 6.18. The van der Waals surface area contributed by atoms with E-state index < -0.39 is 0 Å². The number of methoxy groups -OCH3 is 2. The average molecular weight is 352 g/mol. The Morgan fingerprint density at radius 1 is 1.04 bits per heavy atom. The molecule has 0 aliphatic carbocycles. The zero-order chi connectivity index (χ0) is 17.4. The molecule has 0 aromatic heterocycles. The van der Waals surface area contributed by atoms with Crippen LogP contribution in [0.25, 0.3) is 0 Å². The number of thiocarbonyl (C=S) groups is 1. The first-order chi connectivity index (χ1) is 12.2. The van der Waals surface area contributed by atoms with Crippen LogP contribution in [-0.2, 0) is 6.42 Å². The number of nitrogens with zero attached hydrogens (tertiary/aromatic N) is 2. The maximum Gasteiger partial charge on any atom is 0.207 e. The molecule has 0 amide bonds. The van der Waals surface area contributed by atoms with E-state index in [1.54, 1.807) is 14.2 Å². The Balaban J connectivity index is 1.71. The standard InChI is InChI=1S/C19H16N2O3S/c1-22-13-8-6-11(7-9-13)17-20-18-14(19(25)21-17)10-12-4-3-5-15(23-2)16(12)24-18/h3-9,14H,10H2,1-2H3. The zero-order valence-corrected chi connectivity index (χ0v) is 14.7. The van der Waals surface area contributed by atoms with Gasteiger partial charge in [0.15, 0.2) is 17.3 Å². The van der Waals surface area contributed by atoms with Crippen molar-refractivity contribution in [3.8, 4) is 17.2 Å². The van der Waals surface area contributed by atoms with E-state index in [0.29, 0.717) is 34.6 Å². The summed E-state index contributed by atoms with van der Waals surface area (Å²) in [6.07, 6.45) is 0.712. The lowest BCUT2D eigenvalue weighted by molar-refractivity contribution is 0.379. The molecule has 0 spiro atoms. The summed E-state index contributed by atoms with van der Waals surface area (Å²) in [6.45, 7) is 0. The molecule has 0 fully saturated rings. The van der Waals surface area contributed by atoms with Gasteiger partial charge in [0.05, 0.1) is 20.1 Å². The molecule has 0 saturated heterocycles. The van der Waals surface area contributed by atoms with Crippen molar-refractivity contribution in [1.82, 2.24) is 0 Å². The van der Waals surface area contributed by atoms with Crippen LogP contribution in [0.4, 0.5) is 0 Å². The number of amidine groups is 1. The fraction of sp³-hybridized carbons (Fsp3) is 0.211. The molecule has 2 aromatic rings. The van der Waals surface area contributed by atoms with E-state index in [0.717, 1.165) is 16.9 Å². The first-order valence-corrected chi connectivity index (χ1v) is 8.29. The quantitative estimate of drug-likeness (QED) is 0.794. The molecule has 0 saturated carbocycles. The molecule has 2 aliphatic heterocycles. The Morgan fingerprint density at radius 2 is 1.84 bits per heavy atom. The van der Waals surface area contributed by atoms with Crippen molar-refractivity contribution in [2.24, 2.45) is 15.9 Å². The lowest BCUT2D eigenvalue weighted by Crippen LogP contribution is -2.36. The minimum Gasteiger partial charge on any atom is -0.497 e. The smallest absolute Gasteiger partial charge is 0.207 e. The molecule has 2 heterocycles. The number of benzene rings is 2. The number of rotatable bonds is 3. The van der Waals surface area contributed by atoms with Crippen LogP contribution in [0.3, 0.4) is 0 Å². The molecule has 2 aromatic carbocycles. The van der Waals surface area contributed by atoms with Gasteiger partial charge < -0.3 is 14.2 Å². The minimum atomic E-state index is -0.114. The van der Waals surface area contributed by atoms with Crippen molar-refractivity contribution in [3.05, 3.63) is 53.6 Å². The molecule has 0 N–H and O–H groups in total. The molecule has 4 rings (SSSR count). The molecule has 126 valence electrons. The maximum absolute atomic E-state index is 6.06. The third kappa shape index (κ3) is 2.78. The van der Waals surface area contributed by atoms with Crippen molar-refractivity contribution < 1.29 is 14.2 Å². The number of ether oxygens (including phenoxy) is 3. The molecule has 5 nitrogen and oxygen atoms in total. The van der Waals surface area contributed by atoms with E-state index in [4.69, 9.17) is 26.4 Å². The normalized spacial score (nSPS) is 18.3. The Bertz CT molecular complexity index is 903. The molecule has 0 radical (unpaired) electrons. The number of hydrogen-bond acceptors (Lipinski definition) is 5. The van der Waals surface area contributed by atoms with E-state index in [2.05, 4.69) is 9.98 Å². The van der Waals surface area contributed by atoms with Gasteiger partial charge in [-0.05, 0) is 42.3 Å². The summed E-state index contributed by atoms with van der Waals surface area (Å²) in [5.41, 5.74) is 1.91. The van der Waals surface area contributed by atoms with Gasteiger partial charge >= 0.3 is 0 Å². The first kappa shape index (κ1) is 15.8. The molecule has 25 heavy (non-hydrogen) atoms. The van der Waals surface area contributed by atoms with Gasteiger partial charge in [-0.2, -0.15) is 4.99 Å². The van der Waals surface area contributed by atoms with Gasteiger partial charge in [-0.3, -0.25) is 0 Å². The highest BCUT2D eigenvalue weighted by Crippen LogP contribution is 2.38. The summed E-state index contributed by atoms with van der Waals surface area (Å²) in [6, 6.07) is 13.4. The van der Waals surface area contributed by atoms with Crippen LogP contribution >= 0.6 is 12.2 Å². The summed E-state index contributed by atoms with van der Waals surface area (Å²) in [7, 11) is 3.26. The number of aliphatic imine (C=N–C) groups is 2. The molecule has 1 atom stereocenters. The van der Waals surface area contributed by atoms with Crippen molar-refractivity contribution >= 4 is 28.9 Å². The van der Waals surface area contributed by atoms with E-state index in [-0.39, 0.29) is 5.92 Å². The summed E-state index contributed by atoms with van der Waals surface area (Å²) >= 11 is 5.52. The van der Waals surface area contributed by atoms with Crippen LogP contribution < -0.4 is 14.2 Å². The molecule has 1 unspecified atom stereocenters. The van der Waals surface area contributed by atoms with E-state index in [1.807, 2.05) is 42.5 Å². The van der Waals surface area contributed by atoms with Gasteiger partial charge in [-0.15, -0.1) is 0 Å². The summed E-state index contributed by atoms with van der Waals surface area (Å²) in [4.78, 5) is 9.72. The number of fused-ring (bicyclic) bond motifs is 2. The Morgan fingerprint density at radius 3 is 2.56 bits per heavy atom. The largest absolute Gasteiger partial charge is 0.497 e. The highest BCUT2D eigenvalue weighted by molar-refractivity contribution is 7.80.